The molecule has 1 aliphatic rings. The highest BCUT2D eigenvalue weighted by Gasteiger charge is 2.19. The molecule has 0 unspecified atom stereocenters. The van der Waals surface area contributed by atoms with E-state index in [4.69, 9.17) is 11.6 Å². The van der Waals surface area contributed by atoms with Crippen molar-refractivity contribution >= 4 is 41.5 Å². The first-order valence-corrected chi connectivity index (χ1v) is 9.01. The summed E-state index contributed by atoms with van der Waals surface area (Å²) < 4.78 is 0. The number of guanidine groups is 1. The fourth-order valence-corrected chi connectivity index (χ4v) is 3.12. The van der Waals surface area contributed by atoms with Crippen LogP contribution in [0.4, 0.5) is 0 Å². The summed E-state index contributed by atoms with van der Waals surface area (Å²) in [6, 6.07) is 8.15. The van der Waals surface area contributed by atoms with Crippen molar-refractivity contribution in [3.8, 4) is 0 Å². The van der Waals surface area contributed by atoms with Gasteiger partial charge in [-0.05, 0) is 49.9 Å². The molecule has 1 aromatic rings. The van der Waals surface area contributed by atoms with Crippen LogP contribution in [-0.4, -0.2) is 44.1 Å². The van der Waals surface area contributed by atoms with Crippen LogP contribution in [0.3, 0.4) is 0 Å². The lowest BCUT2D eigenvalue weighted by atomic mass is 9.96. The summed E-state index contributed by atoms with van der Waals surface area (Å²) in [4.78, 5) is 6.76. The first-order valence-electron chi connectivity index (χ1n) is 8.63. The molecule has 1 heterocycles. The van der Waals surface area contributed by atoms with Crippen LogP contribution in [0.5, 0.6) is 0 Å². The minimum absolute atomic E-state index is 0. The zero-order valence-electron chi connectivity index (χ0n) is 14.7. The first kappa shape index (κ1) is 21.5. The molecule has 2 N–H and O–H groups in total. The summed E-state index contributed by atoms with van der Waals surface area (Å²) in [5.74, 6) is 1.64. The molecule has 0 radical (unpaired) electrons. The maximum atomic E-state index is 6.26. The van der Waals surface area contributed by atoms with Gasteiger partial charge in [0.05, 0.1) is 0 Å². The van der Waals surface area contributed by atoms with E-state index in [0.717, 1.165) is 56.0 Å². The van der Waals surface area contributed by atoms with Gasteiger partial charge in [-0.3, -0.25) is 9.89 Å². The van der Waals surface area contributed by atoms with E-state index < -0.39 is 0 Å². The van der Waals surface area contributed by atoms with Gasteiger partial charge in [-0.15, -0.1) is 24.0 Å². The number of nitrogens with one attached hydrogen (secondary N) is 2. The third-order valence-electron chi connectivity index (χ3n) is 4.38. The molecule has 6 heteroatoms. The summed E-state index contributed by atoms with van der Waals surface area (Å²) >= 11 is 6.26. The fourth-order valence-electron chi connectivity index (χ4n) is 2.92. The number of rotatable bonds is 6. The number of halogens is 2. The Hall–Kier alpha value is -0.530. The van der Waals surface area contributed by atoms with Crippen molar-refractivity contribution in [1.82, 2.24) is 15.5 Å². The Morgan fingerprint density at radius 2 is 1.96 bits per heavy atom. The van der Waals surface area contributed by atoms with E-state index in [-0.39, 0.29) is 24.0 Å². The number of likely N-dealkylation sites (tertiary alicyclic amines) is 1. The van der Waals surface area contributed by atoms with Crippen LogP contribution >= 0.6 is 35.6 Å². The molecule has 0 aromatic heterocycles. The second-order valence-electron chi connectivity index (χ2n) is 6.19. The molecule has 1 aromatic carbocycles. The van der Waals surface area contributed by atoms with Crippen molar-refractivity contribution in [1.29, 1.82) is 0 Å². The summed E-state index contributed by atoms with van der Waals surface area (Å²) in [6.45, 7) is 7.37. The maximum absolute atomic E-state index is 6.26. The molecule has 0 atom stereocenters. The van der Waals surface area contributed by atoms with Crippen molar-refractivity contribution in [2.75, 3.05) is 33.2 Å². The lowest BCUT2D eigenvalue weighted by Crippen LogP contribution is -2.42. The van der Waals surface area contributed by atoms with Crippen molar-refractivity contribution in [2.45, 2.75) is 32.7 Å². The van der Waals surface area contributed by atoms with E-state index in [2.05, 4.69) is 39.6 Å². The first-order chi connectivity index (χ1) is 11.2. The summed E-state index contributed by atoms with van der Waals surface area (Å²) in [7, 11) is 1.83. The molecule has 0 aliphatic carbocycles. The summed E-state index contributed by atoms with van der Waals surface area (Å²) in [6.07, 6.45) is 3.56. The predicted octanol–water partition coefficient (Wildman–Crippen LogP) is 3.75. The molecule has 4 nitrogen and oxygen atoms in total. The van der Waals surface area contributed by atoms with Gasteiger partial charge in [-0.25, -0.2) is 0 Å². The van der Waals surface area contributed by atoms with Crippen LogP contribution in [0.25, 0.3) is 0 Å². The number of hydrogen-bond donors (Lipinski definition) is 2. The highest BCUT2D eigenvalue weighted by molar-refractivity contribution is 14.0. The third kappa shape index (κ3) is 7.15. The van der Waals surface area contributed by atoms with Crippen LogP contribution in [0, 0.1) is 5.92 Å². The molecule has 1 saturated heterocycles. The molecular formula is C18H30ClIN4. The molecule has 0 saturated carbocycles. The van der Waals surface area contributed by atoms with Gasteiger partial charge in [0.25, 0.3) is 0 Å². The van der Waals surface area contributed by atoms with Crippen LogP contribution in [0.2, 0.25) is 5.02 Å². The van der Waals surface area contributed by atoms with E-state index >= 15 is 0 Å². The van der Waals surface area contributed by atoms with Crippen molar-refractivity contribution in [3.63, 3.8) is 0 Å². The number of hydrogen-bond acceptors (Lipinski definition) is 2. The zero-order chi connectivity index (χ0) is 16.5. The van der Waals surface area contributed by atoms with Gasteiger partial charge in [-0.2, -0.15) is 0 Å². The van der Waals surface area contributed by atoms with Crippen LogP contribution in [0.15, 0.2) is 29.3 Å². The Kier molecular flexibility index (Phi) is 10.7. The molecule has 2 rings (SSSR count). The standard InChI is InChI=1S/C18H29ClN4.HI/c1-3-10-21-18(20-2)22-13-15-8-11-23(12-9-15)14-16-6-4-5-7-17(16)19;/h4-7,15H,3,8-14H2,1-2H3,(H2,20,21,22);1H. The predicted molar refractivity (Wildman–Crippen MR) is 115 cm³/mol. The van der Waals surface area contributed by atoms with E-state index in [1.54, 1.807) is 0 Å². The highest BCUT2D eigenvalue weighted by Crippen LogP contribution is 2.21. The van der Waals surface area contributed by atoms with E-state index in [1.165, 1.54) is 18.4 Å². The molecule has 1 fully saturated rings. The quantitative estimate of drug-likeness (QED) is 0.383. The Balaban J connectivity index is 0.00000288. The average Bonchev–Trinajstić information content (AvgIpc) is 2.58. The Morgan fingerprint density at radius 1 is 1.25 bits per heavy atom. The lowest BCUT2D eigenvalue weighted by Gasteiger charge is -2.32. The SMILES string of the molecule is CCCNC(=NC)NCC1CCN(Cc2ccccc2Cl)CC1.I. The van der Waals surface area contributed by atoms with Crippen LogP contribution in [-0.2, 0) is 6.54 Å². The largest absolute Gasteiger partial charge is 0.356 e. The molecule has 0 bridgehead atoms. The highest BCUT2D eigenvalue weighted by atomic mass is 127. The molecular weight excluding hydrogens is 435 g/mol. The van der Waals surface area contributed by atoms with E-state index in [9.17, 15) is 0 Å². The third-order valence-corrected chi connectivity index (χ3v) is 4.75. The van der Waals surface area contributed by atoms with Gasteiger partial charge in [0.2, 0.25) is 0 Å². The smallest absolute Gasteiger partial charge is 0.190 e. The zero-order valence-corrected chi connectivity index (χ0v) is 17.8. The Labute approximate surface area is 168 Å². The molecule has 1 aliphatic heterocycles. The number of benzene rings is 1. The maximum Gasteiger partial charge on any atom is 0.190 e. The Bertz CT molecular complexity index is 502. The molecule has 0 spiro atoms. The molecule has 0 amide bonds. The van der Waals surface area contributed by atoms with Gasteiger partial charge in [-0.1, -0.05) is 36.7 Å². The van der Waals surface area contributed by atoms with Gasteiger partial charge in [0, 0.05) is 31.7 Å². The molecule has 24 heavy (non-hydrogen) atoms. The second kappa shape index (κ2) is 11.9. The minimum atomic E-state index is 0. The van der Waals surface area contributed by atoms with Crippen molar-refractivity contribution in [3.05, 3.63) is 34.9 Å². The lowest BCUT2D eigenvalue weighted by molar-refractivity contribution is 0.178. The average molecular weight is 465 g/mol. The van der Waals surface area contributed by atoms with Gasteiger partial charge >= 0.3 is 0 Å². The number of nitrogens with zero attached hydrogens (tertiary/aromatic N) is 2. The van der Waals surface area contributed by atoms with Crippen molar-refractivity contribution < 1.29 is 0 Å². The topological polar surface area (TPSA) is 39.7 Å². The van der Waals surface area contributed by atoms with Gasteiger partial charge < -0.3 is 10.6 Å². The normalized spacial score (nSPS) is 16.5. The molecule has 136 valence electrons. The van der Waals surface area contributed by atoms with E-state index in [0.29, 0.717) is 0 Å². The second-order valence-corrected chi connectivity index (χ2v) is 6.60. The fraction of sp³-hybridized carbons (Fsp3) is 0.611. The number of aliphatic imine (C=N–C) groups is 1. The van der Waals surface area contributed by atoms with Crippen LogP contribution < -0.4 is 10.6 Å². The Morgan fingerprint density at radius 3 is 2.58 bits per heavy atom. The van der Waals surface area contributed by atoms with Crippen molar-refractivity contribution in [2.24, 2.45) is 10.9 Å². The van der Waals surface area contributed by atoms with Gasteiger partial charge in [0.15, 0.2) is 5.96 Å². The minimum Gasteiger partial charge on any atom is -0.356 e. The van der Waals surface area contributed by atoms with E-state index in [1.807, 2.05) is 19.2 Å². The van der Waals surface area contributed by atoms with Crippen LogP contribution in [0.1, 0.15) is 31.7 Å². The number of piperidine rings is 1. The van der Waals surface area contributed by atoms with Gasteiger partial charge in [0.1, 0.15) is 0 Å². The monoisotopic (exact) mass is 464 g/mol. The summed E-state index contributed by atoms with van der Waals surface area (Å²) in [5.41, 5.74) is 1.23. The summed E-state index contributed by atoms with van der Waals surface area (Å²) in [5, 5.41) is 7.64.